The Bertz CT molecular complexity index is 1100. The van der Waals surface area contributed by atoms with Crippen LogP contribution in [0.15, 0.2) is 36.5 Å². The fourth-order valence-corrected chi connectivity index (χ4v) is 6.73. The standard InChI is InChI=1S/C44H80NO9P/c1-6-8-10-12-14-16-17-18-19-21-23-25-31-35-44(47)53-40(39-52-55(48,49)51-37-36-45(3,4)5)38-50-43(46)34-30-27-26-29-33-42-41(54-42)32-28-24-22-20-15-13-11-9-7-2/h15,20,24,26,28-29,40-42H,6-14,16-19,21-23,25,27,30-39H2,1-5H3/p+1/b20-15-,28-24-,29-26-/t40-,41?,42?/m1/s1. The number of hydrogen-bond acceptors (Lipinski definition) is 8. The number of carbonyl (C=O) groups excluding carboxylic acids is 2. The Labute approximate surface area is 336 Å². The lowest BCUT2D eigenvalue weighted by Gasteiger charge is -2.24. The summed E-state index contributed by atoms with van der Waals surface area (Å²) in [6.07, 6.45) is 37.9. The number of quaternary nitrogens is 1. The highest BCUT2D eigenvalue weighted by Gasteiger charge is 2.36. The topological polar surface area (TPSA) is 121 Å². The normalized spacial score (nSPS) is 17.6. The third-order valence-corrected chi connectivity index (χ3v) is 10.6. The third-order valence-electron chi connectivity index (χ3n) is 9.58. The summed E-state index contributed by atoms with van der Waals surface area (Å²) in [5.74, 6) is -0.870. The van der Waals surface area contributed by atoms with Crippen LogP contribution in [0.25, 0.3) is 0 Å². The average molecular weight is 799 g/mol. The summed E-state index contributed by atoms with van der Waals surface area (Å²) in [6, 6.07) is 0. The van der Waals surface area contributed by atoms with Crippen molar-refractivity contribution in [2.24, 2.45) is 0 Å². The SMILES string of the molecule is CCCCC/C=C\C/C=C\CC1OC1C/C=C\CCCC(=O)OC[C@H](COP(=O)(O)OCC[N+](C)(C)C)OC(=O)CCCCCCCCCCCCCCC. The van der Waals surface area contributed by atoms with Gasteiger partial charge < -0.3 is 23.6 Å². The fourth-order valence-electron chi connectivity index (χ4n) is 5.99. The molecule has 0 aromatic carbocycles. The molecular weight excluding hydrogens is 717 g/mol. The maximum Gasteiger partial charge on any atom is 0.472 e. The molecule has 0 radical (unpaired) electrons. The third kappa shape index (κ3) is 34.0. The van der Waals surface area contributed by atoms with E-state index in [1.165, 1.54) is 83.5 Å². The minimum atomic E-state index is -4.39. The van der Waals surface area contributed by atoms with E-state index in [-0.39, 0.29) is 32.2 Å². The first-order chi connectivity index (χ1) is 26.5. The molecule has 1 fully saturated rings. The average Bonchev–Trinajstić information content (AvgIpc) is 3.89. The first-order valence-corrected chi connectivity index (χ1v) is 23.3. The molecule has 0 aliphatic carbocycles. The van der Waals surface area contributed by atoms with E-state index in [9.17, 15) is 19.0 Å². The zero-order valence-corrected chi connectivity index (χ0v) is 36.5. The number of phosphoric acid groups is 1. The molecule has 3 unspecified atom stereocenters. The number of carbonyl (C=O) groups is 2. The van der Waals surface area contributed by atoms with E-state index in [1.54, 1.807) is 0 Å². The zero-order chi connectivity index (χ0) is 40.5. The molecule has 0 spiro atoms. The molecule has 1 heterocycles. The van der Waals surface area contributed by atoms with Gasteiger partial charge in [0, 0.05) is 12.8 Å². The molecule has 4 atom stereocenters. The second-order valence-corrected chi connectivity index (χ2v) is 17.6. The number of phosphoric ester groups is 1. The molecule has 0 bridgehead atoms. The Morgan fingerprint density at radius 3 is 1.78 bits per heavy atom. The van der Waals surface area contributed by atoms with Crippen molar-refractivity contribution in [3.05, 3.63) is 36.5 Å². The molecule has 0 aromatic rings. The lowest BCUT2D eigenvalue weighted by atomic mass is 10.0. The van der Waals surface area contributed by atoms with Gasteiger partial charge in [0.1, 0.15) is 19.8 Å². The van der Waals surface area contributed by atoms with Crippen LogP contribution in [0.3, 0.4) is 0 Å². The summed E-state index contributed by atoms with van der Waals surface area (Å²) in [6.45, 7) is 4.31. The highest BCUT2D eigenvalue weighted by atomic mass is 31.2. The van der Waals surface area contributed by atoms with Crippen molar-refractivity contribution >= 4 is 19.8 Å². The Morgan fingerprint density at radius 1 is 0.655 bits per heavy atom. The van der Waals surface area contributed by atoms with Crippen molar-refractivity contribution in [2.45, 2.75) is 186 Å². The predicted molar refractivity (Wildman–Crippen MR) is 224 cm³/mol. The first kappa shape index (κ1) is 51.2. The number of likely N-dealkylation sites (N-methyl/N-ethyl adjacent to an activating group) is 1. The van der Waals surface area contributed by atoms with Gasteiger partial charge in [-0.25, -0.2) is 4.57 Å². The van der Waals surface area contributed by atoms with Gasteiger partial charge in [-0.05, 0) is 51.4 Å². The van der Waals surface area contributed by atoms with Crippen molar-refractivity contribution in [2.75, 3.05) is 47.5 Å². The van der Waals surface area contributed by atoms with Gasteiger partial charge in [0.05, 0.1) is 40.0 Å². The molecule has 1 aliphatic heterocycles. The van der Waals surface area contributed by atoms with Crippen LogP contribution >= 0.6 is 7.82 Å². The minimum Gasteiger partial charge on any atom is -0.462 e. The molecule has 320 valence electrons. The molecule has 0 aromatic heterocycles. The summed E-state index contributed by atoms with van der Waals surface area (Å²) >= 11 is 0. The number of epoxide rings is 1. The fraction of sp³-hybridized carbons (Fsp3) is 0.818. The van der Waals surface area contributed by atoms with E-state index < -0.39 is 32.5 Å². The Hall–Kier alpha value is -1.81. The van der Waals surface area contributed by atoms with E-state index in [4.69, 9.17) is 23.3 Å². The number of esters is 2. The summed E-state index contributed by atoms with van der Waals surface area (Å²) in [4.78, 5) is 35.4. The molecule has 1 saturated heterocycles. The van der Waals surface area contributed by atoms with Crippen LogP contribution in [0.5, 0.6) is 0 Å². The largest absolute Gasteiger partial charge is 0.472 e. The molecule has 10 nitrogen and oxygen atoms in total. The maximum atomic E-state index is 12.7. The van der Waals surface area contributed by atoms with Crippen LogP contribution in [-0.2, 0) is 37.4 Å². The molecule has 0 saturated carbocycles. The van der Waals surface area contributed by atoms with E-state index in [1.807, 2.05) is 21.1 Å². The summed E-state index contributed by atoms with van der Waals surface area (Å²) < 4.78 is 40.0. The van der Waals surface area contributed by atoms with Crippen molar-refractivity contribution in [3.63, 3.8) is 0 Å². The molecule has 55 heavy (non-hydrogen) atoms. The van der Waals surface area contributed by atoms with Crippen molar-refractivity contribution in [1.29, 1.82) is 0 Å². The van der Waals surface area contributed by atoms with Crippen molar-refractivity contribution < 1.29 is 46.8 Å². The smallest absolute Gasteiger partial charge is 0.462 e. The van der Waals surface area contributed by atoms with Crippen LogP contribution in [0.2, 0.25) is 0 Å². The van der Waals surface area contributed by atoms with E-state index in [2.05, 4.69) is 50.3 Å². The lowest BCUT2D eigenvalue weighted by molar-refractivity contribution is -0.870. The maximum absolute atomic E-state index is 12.7. The number of hydrogen-bond donors (Lipinski definition) is 1. The second kappa shape index (κ2) is 33.2. The van der Waals surface area contributed by atoms with Crippen molar-refractivity contribution in [1.82, 2.24) is 0 Å². The highest BCUT2D eigenvalue weighted by molar-refractivity contribution is 7.47. The van der Waals surface area contributed by atoms with Gasteiger partial charge in [-0.2, -0.15) is 0 Å². The van der Waals surface area contributed by atoms with Gasteiger partial charge in [-0.15, -0.1) is 0 Å². The van der Waals surface area contributed by atoms with Gasteiger partial charge in [-0.1, -0.05) is 140 Å². The van der Waals surface area contributed by atoms with Crippen LogP contribution in [-0.4, -0.2) is 87.1 Å². The Kier molecular flexibility index (Phi) is 30.9. The van der Waals surface area contributed by atoms with Crippen LogP contribution in [0, 0.1) is 0 Å². The number of nitrogens with zero attached hydrogens (tertiary/aromatic N) is 1. The van der Waals surface area contributed by atoms with Gasteiger partial charge in [-0.3, -0.25) is 18.6 Å². The van der Waals surface area contributed by atoms with Crippen LogP contribution in [0.4, 0.5) is 0 Å². The van der Waals surface area contributed by atoms with Crippen LogP contribution in [0.1, 0.15) is 168 Å². The van der Waals surface area contributed by atoms with E-state index in [0.717, 1.165) is 44.9 Å². The Balaban J connectivity index is 2.33. The molecule has 0 amide bonds. The monoisotopic (exact) mass is 799 g/mol. The summed E-state index contributed by atoms with van der Waals surface area (Å²) in [5, 5.41) is 0. The number of ether oxygens (including phenoxy) is 3. The molecular formula is C44H81NO9P+. The van der Waals surface area contributed by atoms with Gasteiger partial charge in [0.2, 0.25) is 0 Å². The number of allylic oxidation sites excluding steroid dienone is 4. The molecule has 1 rings (SSSR count). The lowest BCUT2D eigenvalue weighted by Crippen LogP contribution is -2.37. The van der Waals surface area contributed by atoms with Gasteiger partial charge in [0.25, 0.3) is 0 Å². The quantitative estimate of drug-likeness (QED) is 0.0162. The predicted octanol–water partition coefficient (Wildman–Crippen LogP) is 11.1. The van der Waals surface area contributed by atoms with E-state index in [0.29, 0.717) is 30.0 Å². The van der Waals surface area contributed by atoms with Gasteiger partial charge in [0.15, 0.2) is 6.10 Å². The second-order valence-electron chi connectivity index (χ2n) is 16.1. The summed E-state index contributed by atoms with van der Waals surface area (Å²) in [7, 11) is 1.44. The molecule has 11 heteroatoms. The summed E-state index contributed by atoms with van der Waals surface area (Å²) in [5.41, 5.74) is 0. The van der Waals surface area contributed by atoms with E-state index >= 15 is 0 Å². The minimum absolute atomic E-state index is 0.0210. The number of rotatable bonds is 38. The number of unbranched alkanes of at least 4 members (excludes halogenated alkanes) is 16. The van der Waals surface area contributed by atoms with Crippen LogP contribution < -0.4 is 0 Å². The molecule has 1 aliphatic rings. The van der Waals surface area contributed by atoms with Gasteiger partial charge >= 0.3 is 19.8 Å². The van der Waals surface area contributed by atoms with Crippen molar-refractivity contribution in [3.8, 4) is 0 Å². The zero-order valence-electron chi connectivity index (χ0n) is 35.6. The Morgan fingerprint density at radius 2 is 1.16 bits per heavy atom. The highest BCUT2D eigenvalue weighted by Crippen LogP contribution is 2.43. The molecule has 1 N–H and O–H groups in total. The first-order valence-electron chi connectivity index (χ1n) is 21.8.